The molecule has 0 spiro atoms. The minimum absolute atomic E-state index is 0.0634. The highest BCUT2D eigenvalue weighted by atomic mass is 32.1. The quantitative estimate of drug-likeness (QED) is 0.664. The molecule has 0 saturated carbocycles. The molecule has 0 unspecified atom stereocenters. The first-order valence-electron chi connectivity index (χ1n) is 4.34. The number of amides is 1. The Labute approximate surface area is 92.7 Å². The van der Waals surface area contributed by atoms with E-state index < -0.39 is 17.9 Å². The van der Waals surface area contributed by atoms with Crippen molar-refractivity contribution in [1.82, 2.24) is 5.32 Å². The Morgan fingerprint density at radius 2 is 1.93 bits per heavy atom. The molecule has 4 nitrogen and oxygen atoms in total. The first kappa shape index (κ1) is 11.6. The molecule has 80 valence electrons. The first-order chi connectivity index (χ1) is 7.15. The number of hydrogen-bond donors (Lipinski definition) is 3. The predicted molar refractivity (Wildman–Crippen MR) is 59.2 cm³/mol. The summed E-state index contributed by atoms with van der Waals surface area (Å²) in [7, 11) is 0. The molecule has 0 aliphatic heterocycles. The number of thiol groups is 1. The summed E-state index contributed by atoms with van der Waals surface area (Å²) in [6.45, 7) is 0. The van der Waals surface area contributed by atoms with Gasteiger partial charge in [0, 0.05) is 11.3 Å². The van der Waals surface area contributed by atoms with Gasteiger partial charge >= 0.3 is 5.97 Å². The van der Waals surface area contributed by atoms with E-state index in [0.717, 1.165) is 0 Å². The summed E-state index contributed by atoms with van der Waals surface area (Å²) >= 11 is 3.85. The van der Waals surface area contributed by atoms with Gasteiger partial charge in [-0.25, -0.2) is 4.79 Å². The van der Waals surface area contributed by atoms with Crippen LogP contribution in [0.2, 0.25) is 0 Å². The van der Waals surface area contributed by atoms with Crippen LogP contribution >= 0.6 is 12.6 Å². The van der Waals surface area contributed by atoms with E-state index in [1.807, 2.05) is 0 Å². The summed E-state index contributed by atoms with van der Waals surface area (Å²) in [4.78, 5) is 22.1. The van der Waals surface area contributed by atoms with Gasteiger partial charge in [0.1, 0.15) is 6.04 Å². The number of hydrogen-bond acceptors (Lipinski definition) is 3. The molecule has 15 heavy (non-hydrogen) atoms. The summed E-state index contributed by atoms with van der Waals surface area (Å²) < 4.78 is 0. The van der Waals surface area contributed by atoms with Crippen LogP contribution in [-0.4, -0.2) is 28.8 Å². The SMILES string of the molecule is O=C(N[C@@H](CS)C(=O)O)c1ccccc1. The Hall–Kier alpha value is -1.49. The Kier molecular flexibility index (Phi) is 4.17. The third kappa shape index (κ3) is 3.28. The van der Waals surface area contributed by atoms with Crippen molar-refractivity contribution in [2.75, 3.05) is 5.75 Å². The fourth-order valence-corrected chi connectivity index (χ4v) is 1.26. The molecule has 1 aromatic rings. The number of carboxylic acid groups (broad SMARTS) is 1. The molecular weight excluding hydrogens is 214 g/mol. The summed E-state index contributed by atoms with van der Waals surface area (Å²) in [5, 5.41) is 11.1. The minimum Gasteiger partial charge on any atom is -0.480 e. The van der Waals surface area contributed by atoms with E-state index in [1.54, 1.807) is 30.3 Å². The van der Waals surface area contributed by atoms with E-state index >= 15 is 0 Å². The summed E-state index contributed by atoms with van der Waals surface area (Å²) in [6.07, 6.45) is 0. The van der Waals surface area contributed by atoms with E-state index in [-0.39, 0.29) is 5.75 Å². The third-order valence-electron chi connectivity index (χ3n) is 1.82. The maximum Gasteiger partial charge on any atom is 0.327 e. The molecular formula is C10H11NO3S. The zero-order chi connectivity index (χ0) is 11.3. The van der Waals surface area contributed by atoms with Gasteiger partial charge < -0.3 is 10.4 Å². The van der Waals surface area contributed by atoms with Crippen molar-refractivity contribution < 1.29 is 14.7 Å². The van der Waals surface area contributed by atoms with Crippen molar-refractivity contribution in [3.63, 3.8) is 0 Å². The highest BCUT2D eigenvalue weighted by molar-refractivity contribution is 7.80. The maximum atomic E-state index is 11.5. The summed E-state index contributed by atoms with van der Waals surface area (Å²) in [5.41, 5.74) is 0.436. The largest absolute Gasteiger partial charge is 0.480 e. The van der Waals surface area contributed by atoms with Crippen LogP contribution in [0.15, 0.2) is 30.3 Å². The smallest absolute Gasteiger partial charge is 0.327 e. The van der Waals surface area contributed by atoms with Crippen molar-refractivity contribution in [3.05, 3.63) is 35.9 Å². The van der Waals surface area contributed by atoms with Gasteiger partial charge in [0.2, 0.25) is 0 Å². The van der Waals surface area contributed by atoms with E-state index in [2.05, 4.69) is 17.9 Å². The molecule has 1 amide bonds. The Balaban J connectivity index is 2.67. The molecule has 0 aliphatic rings. The average Bonchev–Trinajstić information content (AvgIpc) is 2.26. The monoisotopic (exact) mass is 225 g/mol. The van der Waals surface area contributed by atoms with Crippen molar-refractivity contribution in [2.24, 2.45) is 0 Å². The fourth-order valence-electron chi connectivity index (χ4n) is 1.02. The summed E-state index contributed by atoms with van der Waals surface area (Å²) in [6, 6.07) is 7.49. The van der Waals surface area contributed by atoms with Crippen LogP contribution in [0.25, 0.3) is 0 Å². The van der Waals surface area contributed by atoms with Gasteiger partial charge in [-0.2, -0.15) is 12.6 Å². The standard InChI is InChI=1S/C10H11NO3S/c12-9(7-4-2-1-3-5-7)11-8(6-15)10(13)14/h1-5,8,15H,6H2,(H,11,12)(H,13,14)/t8-/m0/s1. The van der Waals surface area contributed by atoms with Crippen LogP contribution in [0.3, 0.4) is 0 Å². The number of carboxylic acids is 1. The molecule has 5 heteroatoms. The van der Waals surface area contributed by atoms with Gasteiger partial charge in [-0.1, -0.05) is 18.2 Å². The lowest BCUT2D eigenvalue weighted by atomic mass is 10.2. The van der Waals surface area contributed by atoms with Gasteiger partial charge in [0.15, 0.2) is 0 Å². The third-order valence-corrected chi connectivity index (χ3v) is 2.19. The lowest BCUT2D eigenvalue weighted by Crippen LogP contribution is -2.42. The van der Waals surface area contributed by atoms with Gasteiger partial charge in [-0.15, -0.1) is 0 Å². The Morgan fingerprint density at radius 3 is 2.40 bits per heavy atom. The predicted octanol–water partition coefficient (Wildman–Crippen LogP) is 0.799. The number of carbonyl (C=O) groups excluding carboxylic acids is 1. The van der Waals surface area contributed by atoms with E-state index in [1.165, 1.54) is 0 Å². The summed E-state index contributed by atoms with van der Waals surface area (Å²) in [5.74, 6) is -1.43. The van der Waals surface area contributed by atoms with E-state index in [9.17, 15) is 9.59 Å². The van der Waals surface area contributed by atoms with Crippen molar-refractivity contribution >= 4 is 24.5 Å². The van der Waals surface area contributed by atoms with Crippen LogP contribution in [0.1, 0.15) is 10.4 Å². The van der Waals surface area contributed by atoms with E-state index in [0.29, 0.717) is 5.56 Å². The Bertz CT molecular complexity index is 353. The average molecular weight is 225 g/mol. The number of nitrogens with one attached hydrogen (secondary N) is 1. The van der Waals surface area contributed by atoms with Gasteiger partial charge in [-0.3, -0.25) is 4.79 Å². The molecule has 0 saturated heterocycles. The van der Waals surface area contributed by atoms with Crippen LogP contribution in [0.5, 0.6) is 0 Å². The lowest BCUT2D eigenvalue weighted by Gasteiger charge is -2.11. The van der Waals surface area contributed by atoms with Crippen molar-refractivity contribution in [1.29, 1.82) is 0 Å². The van der Waals surface area contributed by atoms with E-state index in [4.69, 9.17) is 5.11 Å². The lowest BCUT2D eigenvalue weighted by molar-refractivity contribution is -0.138. The van der Waals surface area contributed by atoms with Crippen LogP contribution in [0, 0.1) is 0 Å². The molecule has 0 fully saturated rings. The normalized spacial score (nSPS) is 11.8. The fraction of sp³-hybridized carbons (Fsp3) is 0.200. The van der Waals surface area contributed by atoms with Crippen LogP contribution in [0.4, 0.5) is 0 Å². The van der Waals surface area contributed by atoms with Crippen LogP contribution in [-0.2, 0) is 4.79 Å². The van der Waals surface area contributed by atoms with Gasteiger partial charge in [0.25, 0.3) is 5.91 Å². The zero-order valence-electron chi connectivity index (χ0n) is 7.88. The zero-order valence-corrected chi connectivity index (χ0v) is 8.78. The number of rotatable bonds is 4. The second-order valence-electron chi connectivity index (χ2n) is 2.91. The van der Waals surface area contributed by atoms with Crippen molar-refractivity contribution in [2.45, 2.75) is 6.04 Å². The second-order valence-corrected chi connectivity index (χ2v) is 3.28. The Morgan fingerprint density at radius 1 is 1.33 bits per heavy atom. The molecule has 1 atom stereocenters. The van der Waals surface area contributed by atoms with Gasteiger partial charge in [-0.05, 0) is 12.1 Å². The topological polar surface area (TPSA) is 66.4 Å². The second kappa shape index (κ2) is 5.41. The highest BCUT2D eigenvalue weighted by Gasteiger charge is 2.18. The maximum absolute atomic E-state index is 11.5. The van der Waals surface area contributed by atoms with Crippen LogP contribution < -0.4 is 5.32 Å². The first-order valence-corrected chi connectivity index (χ1v) is 4.98. The molecule has 0 heterocycles. The number of aliphatic carboxylic acids is 1. The molecule has 0 aromatic heterocycles. The number of benzene rings is 1. The molecule has 0 bridgehead atoms. The van der Waals surface area contributed by atoms with Crippen molar-refractivity contribution in [3.8, 4) is 0 Å². The molecule has 2 N–H and O–H groups in total. The molecule has 0 radical (unpaired) electrons. The minimum atomic E-state index is -1.09. The highest BCUT2D eigenvalue weighted by Crippen LogP contribution is 1.99. The molecule has 1 rings (SSSR count). The number of carbonyl (C=O) groups is 2. The molecule has 1 aromatic carbocycles. The molecule has 0 aliphatic carbocycles. The van der Waals surface area contributed by atoms with Gasteiger partial charge in [0.05, 0.1) is 0 Å².